The molecule has 0 amide bonds. The van der Waals surface area contributed by atoms with Crippen LogP contribution in [0.15, 0.2) is 41.3 Å². The fraction of sp³-hybridized carbons (Fsp3) is 0.312. The molecule has 0 radical (unpaired) electrons. The van der Waals surface area contributed by atoms with Crippen molar-refractivity contribution in [2.24, 2.45) is 0 Å². The molecule has 6 nitrogen and oxygen atoms in total. The molecule has 1 fully saturated rings. The van der Waals surface area contributed by atoms with Gasteiger partial charge in [-0.25, -0.2) is 0 Å². The van der Waals surface area contributed by atoms with E-state index in [0.717, 1.165) is 25.8 Å². The van der Waals surface area contributed by atoms with Crippen molar-refractivity contribution in [3.05, 3.63) is 52.4 Å². The normalized spacial score (nSPS) is 18.2. The number of hydrogen-bond donors (Lipinski definition) is 2. The fourth-order valence-electron chi connectivity index (χ4n) is 3.18. The molecule has 4 rings (SSSR count). The molecule has 22 heavy (non-hydrogen) atoms. The van der Waals surface area contributed by atoms with E-state index >= 15 is 0 Å². The lowest BCUT2D eigenvalue weighted by atomic mass is 10.0. The molecule has 1 aromatic carbocycles. The van der Waals surface area contributed by atoms with Gasteiger partial charge in [0, 0.05) is 12.6 Å². The smallest absolute Gasteiger partial charge is 0.263 e. The number of nitrogens with zero attached hydrogens (tertiary/aromatic N) is 3. The fourth-order valence-corrected chi connectivity index (χ4v) is 3.18. The second-order valence-corrected chi connectivity index (χ2v) is 5.70. The van der Waals surface area contributed by atoms with Crippen LogP contribution in [0.3, 0.4) is 0 Å². The molecule has 6 heteroatoms. The highest BCUT2D eigenvalue weighted by Gasteiger charge is 2.27. The molecule has 0 unspecified atom stereocenters. The lowest BCUT2D eigenvalue weighted by molar-refractivity contribution is 0.651. The molecule has 0 bridgehead atoms. The average molecular weight is 295 g/mol. The van der Waals surface area contributed by atoms with E-state index in [9.17, 15) is 4.79 Å². The minimum atomic E-state index is -0.140. The lowest BCUT2D eigenvalue weighted by Crippen LogP contribution is -2.33. The Morgan fingerprint density at radius 3 is 3.00 bits per heavy atom. The number of rotatable bonds is 3. The van der Waals surface area contributed by atoms with Crippen LogP contribution in [0.4, 0.5) is 5.95 Å². The molecule has 112 valence electrons. The van der Waals surface area contributed by atoms with Gasteiger partial charge in [-0.1, -0.05) is 30.3 Å². The first-order chi connectivity index (χ1) is 10.8. The Balaban J connectivity index is 1.66. The van der Waals surface area contributed by atoms with E-state index in [1.807, 2.05) is 6.07 Å². The maximum Gasteiger partial charge on any atom is 0.263 e. The predicted octanol–water partition coefficient (Wildman–Crippen LogP) is 1.86. The number of aromatic amines is 2. The third-order valence-electron chi connectivity index (χ3n) is 4.27. The van der Waals surface area contributed by atoms with E-state index in [-0.39, 0.29) is 5.56 Å². The van der Waals surface area contributed by atoms with Gasteiger partial charge in [-0.3, -0.25) is 14.9 Å². The van der Waals surface area contributed by atoms with Crippen molar-refractivity contribution in [3.63, 3.8) is 0 Å². The zero-order chi connectivity index (χ0) is 14.9. The van der Waals surface area contributed by atoms with Gasteiger partial charge in [0.15, 0.2) is 5.65 Å². The molecule has 0 saturated carbocycles. The Labute approximate surface area is 127 Å². The van der Waals surface area contributed by atoms with Crippen molar-refractivity contribution in [1.82, 2.24) is 20.2 Å². The molecule has 0 aliphatic carbocycles. The van der Waals surface area contributed by atoms with E-state index < -0.39 is 0 Å². The van der Waals surface area contributed by atoms with Gasteiger partial charge in [0.05, 0.1) is 6.20 Å². The van der Waals surface area contributed by atoms with Crippen LogP contribution < -0.4 is 10.5 Å². The Bertz CT molecular complexity index is 838. The summed E-state index contributed by atoms with van der Waals surface area (Å²) in [5.74, 6) is 0.639. The summed E-state index contributed by atoms with van der Waals surface area (Å²) in [6.45, 7) is 0.917. The summed E-state index contributed by atoms with van der Waals surface area (Å²) >= 11 is 0. The minimum Gasteiger partial charge on any atom is -0.339 e. The Morgan fingerprint density at radius 1 is 1.27 bits per heavy atom. The van der Waals surface area contributed by atoms with Crippen molar-refractivity contribution < 1.29 is 0 Å². The minimum absolute atomic E-state index is 0.140. The van der Waals surface area contributed by atoms with Gasteiger partial charge in [-0.2, -0.15) is 10.1 Å². The maximum atomic E-state index is 12.1. The topological polar surface area (TPSA) is 77.7 Å². The highest BCUT2D eigenvalue weighted by atomic mass is 16.1. The Hall–Kier alpha value is -2.63. The third-order valence-corrected chi connectivity index (χ3v) is 4.27. The van der Waals surface area contributed by atoms with Crippen LogP contribution in [0.25, 0.3) is 11.0 Å². The zero-order valence-corrected chi connectivity index (χ0v) is 12.1. The van der Waals surface area contributed by atoms with Crippen LogP contribution in [0.2, 0.25) is 0 Å². The van der Waals surface area contributed by atoms with Crippen LogP contribution in [0.5, 0.6) is 0 Å². The maximum absolute atomic E-state index is 12.1. The molecule has 3 heterocycles. The predicted molar refractivity (Wildman–Crippen MR) is 85.0 cm³/mol. The van der Waals surface area contributed by atoms with E-state index in [0.29, 0.717) is 23.0 Å². The van der Waals surface area contributed by atoms with Gasteiger partial charge in [-0.05, 0) is 24.8 Å². The van der Waals surface area contributed by atoms with Crippen LogP contribution in [0, 0.1) is 0 Å². The standard InChI is InChI=1S/C16H17N5O/c22-15-13-10-17-20-14(13)18-16(19-15)21-8-4-7-12(21)9-11-5-2-1-3-6-11/h1-3,5-6,10,12H,4,7-9H2,(H2,17,18,19,20,22)/t12-/m1/s1. The number of hydrogen-bond acceptors (Lipinski definition) is 4. The number of anilines is 1. The molecule has 2 aromatic heterocycles. The van der Waals surface area contributed by atoms with Crippen molar-refractivity contribution in [1.29, 1.82) is 0 Å². The summed E-state index contributed by atoms with van der Waals surface area (Å²) in [4.78, 5) is 21.7. The van der Waals surface area contributed by atoms with E-state index in [4.69, 9.17) is 0 Å². The first kappa shape index (κ1) is 13.1. The molecular weight excluding hydrogens is 278 g/mol. The number of fused-ring (bicyclic) bond motifs is 1. The summed E-state index contributed by atoms with van der Waals surface area (Å²) in [6.07, 6.45) is 4.70. The third kappa shape index (κ3) is 2.26. The molecule has 1 atom stereocenters. The summed E-state index contributed by atoms with van der Waals surface area (Å²) in [5.41, 5.74) is 1.72. The van der Waals surface area contributed by atoms with Gasteiger partial charge < -0.3 is 4.90 Å². The molecule has 2 N–H and O–H groups in total. The number of H-pyrrole nitrogens is 2. The number of nitrogens with one attached hydrogen (secondary N) is 2. The van der Waals surface area contributed by atoms with Gasteiger partial charge in [-0.15, -0.1) is 0 Å². The monoisotopic (exact) mass is 295 g/mol. The van der Waals surface area contributed by atoms with Crippen LogP contribution in [-0.4, -0.2) is 32.8 Å². The second kappa shape index (κ2) is 5.29. The first-order valence-corrected chi connectivity index (χ1v) is 7.55. The molecule has 3 aromatic rings. The van der Waals surface area contributed by atoms with Gasteiger partial charge in [0.1, 0.15) is 5.39 Å². The van der Waals surface area contributed by atoms with Gasteiger partial charge in [0.25, 0.3) is 5.56 Å². The number of aromatic nitrogens is 4. The summed E-state index contributed by atoms with van der Waals surface area (Å²) in [7, 11) is 0. The van der Waals surface area contributed by atoms with Gasteiger partial charge >= 0.3 is 0 Å². The zero-order valence-electron chi connectivity index (χ0n) is 12.1. The van der Waals surface area contributed by atoms with Crippen molar-refractivity contribution in [2.45, 2.75) is 25.3 Å². The van der Waals surface area contributed by atoms with Crippen LogP contribution >= 0.6 is 0 Å². The van der Waals surface area contributed by atoms with E-state index in [1.165, 1.54) is 11.8 Å². The highest BCUT2D eigenvalue weighted by Crippen LogP contribution is 2.25. The molecular formula is C16H17N5O. The van der Waals surface area contributed by atoms with E-state index in [2.05, 4.69) is 49.3 Å². The quantitative estimate of drug-likeness (QED) is 0.773. The van der Waals surface area contributed by atoms with Crippen molar-refractivity contribution in [3.8, 4) is 0 Å². The first-order valence-electron chi connectivity index (χ1n) is 7.55. The Morgan fingerprint density at radius 2 is 2.14 bits per heavy atom. The largest absolute Gasteiger partial charge is 0.339 e. The average Bonchev–Trinajstić information content (AvgIpc) is 3.17. The summed E-state index contributed by atoms with van der Waals surface area (Å²) in [6, 6.07) is 10.8. The van der Waals surface area contributed by atoms with Gasteiger partial charge in [0.2, 0.25) is 5.95 Å². The summed E-state index contributed by atoms with van der Waals surface area (Å²) in [5, 5.41) is 7.17. The lowest BCUT2D eigenvalue weighted by Gasteiger charge is -2.25. The highest BCUT2D eigenvalue weighted by molar-refractivity contribution is 5.73. The molecule has 1 aliphatic rings. The second-order valence-electron chi connectivity index (χ2n) is 5.70. The van der Waals surface area contributed by atoms with E-state index in [1.54, 1.807) is 0 Å². The SMILES string of the molecule is O=c1[nH]c(N2CCC[C@@H]2Cc2ccccc2)nc2[nH]ncc12. The summed E-state index contributed by atoms with van der Waals surface area (Å²) < 4.78 is 0. The van der Waals surface area contributed by atoms with Crippen molar-refractivity contribution >= 4 is 17.0 Å². The molecule has 0 spiro atoms. The molecule has 1 aliphatic heterocycles. The van der Waals surface area contributed by atoms with Crippen molar-refractivity contribution in [2.75, 3.05) is 11.4 Å². The van der Waals surface area contributed by atoms with Crippen LogP contribution in [-0.2, 0) is 6.42 Å². The van der Waals surface area contributed by atoms with Crippen LogP contribution in [0.1, 0.15) is 18.4 Å². The number of benzene rings is 1. The Kier molecular flexibility index (Phi) is 3.14. The molecule has 1 saturated heterocycles.